The summed E-state index contributed by atoms with van der Waals surface area (Å²) in [6.07, 6.45) is 0. The Labute approximate surface area is 49.3 Å². The Morgan fingerprint density at radius 1 is 1.38 bits per heavy atom. The second-order valence-corrected chi connectivity index (χ2v) is 2.56. The van der Waals surface area contributed by atoms with Gasteiger partial charge in [-0.15, -0.1) is 0 Å². The Balaban J connectivity index is 0. The highest BCUT2D eigenvalue weighted by atomic mass is 16.4. The van der Waals surface area contributed by atoms with Crippen molar-refractivity contribution in [1.29, 1.82) is 0 Å². The Morgan fingerprint density at radius 3 is 1.50 bits per heavy atom. The van der Waals surface area contributed by atoms with E-state index in [2.05, 4.69) is 0 Å². The Kier molecular flexibility index (Phi) is 3.47. The summed E-state index contributed by atoms with van der Waals surface area (Å²) in [4.78, 5) is 10.0. The fourth-order valence-electron chi connectivity index (χ4n) is 0. The van der Waals surface area contributed by atoms with Gasteiger partial charge in [0.05, 0.1) is 5.41 Å². The van der Waals surface area contributed by atoms with E-state index in [0.29, 0.717) is 0 Å². The van der Waals surface area contributed by atoms with E-state index in [1.165, 1.54) is 0 Å². The molecule has 0 aromatic carbocycles. The zero-order valence-corrected chi connectivity index (χ0v) is 5.30. The number of hydrogen-bond donors (Lipinski definition) is 1. The van der Waals surface area contributed by atoms with Crippen molar-refractivity contribution in [3.8, 4) is 0 Å². The highest BCUT2D eigenvalue weighted by molar-refractivity contribution is 5.72. The number of carboxylic acid groups (broad SMARTS) is 1. The van der Waals surface area contributed by atoms with Crippen molar-refractivity contribution in [1.82, 2.24) is 6.15 Å². The lowest BCUT2D eigenvalue weighted by Gasteiger charge is -2.08. The second-order valence-electron chi connectivity index (χ2n) is 2.56. The number of nitrogens with zero attached hydrogens (tertiary/aromatic N) is 1. The standard InChI is InChI=1S/C5H10O2.N/c1-5(2,3)4(6)7;/h1-3H3,(H,6,7);. The van der Waals surface area contributed by atoms with Gasteiger partial charge >= 0.3 is 5.97 Å². The van der Waals surface area contributed by atoms with Crippen molar-refractivity contribution in [2.24, 2.45) is 5.41 Å². The van der Waals surface area contributed by atoms with Gasteiger partial charge in [-0.25, -0.2) is 0 Å². The molecule has 0 saturated carbocycles. The Bertz CT molecular complexity index is 82.9. The number of carbonyl (C=O) groups is 1. The number of carboxylic acids is 1. The minimum atomic E-state index is -0.757. The Hall–Kier alpha value is -0.570. The highest BCUT2D eigenvalue weighted by Crippen LogP contribution is 2.11. The summed E-state index contributed by atoms with van der Waals surface area (Å²) in [5.41, 5.74) is -0.583. The molecule has 0 unspecified atom stereocenters. The SMILES string of the molecule is CC(C)(C)C(=O)O.[N]. The van der Waals surface area contributed by atoms with Crippen molar-refractivity contribution < 1.29 is 9.90 Å². The van der Waals surface area contributed by atoms with E-state index in [1.807, 2.05) is 0 Å². The molecule has 0 aliphatic rings. The largest absolute Gasteiger partial charge is 0.481 e. The second kappa shape index (κ2) is 2.67. The first-order valence-corrected chi connectivity index (χ1v) is 2.18. The predicted molar refractivity (Wildman–Crippen MR) is 29.2 cm³/mol. The van der Waals surface area contributed by atoms with Crippen molar-refractivity contribution in [2.75, 3.05) is 0 Å². The molecule has 0 fully saturated rings. The minimum Gasteiger partial charge on any atom is -0.481 e. The molecule has 3 heteroatoms. The number of rotatable bonds is 0. The van der Waals surface area contributed by atoms with Gasteiger partial charge in [-0.2, -0.15) is 0 Å². The lowest BCUT2D eigenvalue weighted by atomic mass is 9.98. The van der Waals surface area contributed by atoms with Gasteiger partial charge in [0.1, 0.15) is 0 Å². The summed E-state index contributed by atoms with van der Waals surface area (Å²) < 4.78 is 0. The van der Waals surface area contributed by atoms with Crippen LogP contribution in [0.15, 0.2) is 0 Å². The van der Waals surface area contributed by atoms with Crippen LogP contribution in [0, 0.1) is 5.41 Å². The van der Waals surface area contributed by atoms with Crippen molar-refractivity contribution in [3.63, 3.8) is 0 Å². The van der Waals surface area contributed by atoms with Gasteiger partial charge in [0.25, 0.3) is 0 Å². The minimum absolute atomic E-state index is 0. The molecule has 0 atom stereocenters. The van der Waals surface area contributed by atoms with Crippen LogP contribution in [0.5, 0.6) is 0 Å². The van der Waals surface area contributed by atoms with E-state index in [0.717, 1.165) is 0 Å². The molecule has 0 rings (SSSR count). The molecular formula is C5H10NO2. The summed E-state index contributed by atoms with van der Waals surface area (Å²) in [5, 5.41) is 8.25. The van der Waals surface area contributed by atoms with E-state index < -0.39 is 11.4 Å². The van der Waals surface area contributed by atoms with Crippen molar-refractivity contribution in [2.45, 2.75) is 20.8 Å². The van der Waals surface area contributed by atoms with Gasteiger partial charge in [-0.05, 0) is 20.8 Å². The maximum atomic E-state index is 10.0. The molecule has 0 aromatic heterocycles. The fraction of sp³-hybridized carbons (Fsp3) is 0.800. The third-order valence-electron chi connectivity index (χ3n) is 0.642. The molecule has 0 spiro atoms. The van der Waals surface area contributed by atoms with Gasteiger partial charge in [0, 0.05) is 6.15 Å². The average Bonchev–Trinajstić information content (AvgIpc) is 1.31. The van der Waals surface area contributed by atoms with Crippen molar-refractivity contribution in [3.05, 3.63) is 0 Å². The van der Waals surface area contributed by atoms with Crippen LogP contribution in [0.1, 0.15) is 20.8 Å². The summed E-state index contributed by atoms with van der Waals surface area (Å²) >= 11 is 0. The van der Waals surface area contributed by atoms with E-state index in [9.17, 15) is 4.79 Å². The Morgan fingerprint density at radius 2 is 1.50 bits per heavy atom. The molecule has 8 heavy (non-hydrogen) atoms. The van der Waals surface area contributed by atoms with Gasteiger partial charge in [-0.3, -0.25) is 4.79 Å². The zero-order valence-electron chi connectivity index (χ0n) is 5.30. The molecule has 0 saturated heterocycles. The van der Waals surface area contributed by atoms with Gasteiger partial charge in [0.15, 0.2) is 0 Å². The lowest BCUT2D eigenvalue weighted by molar-refractivity contribution is -0.145. The molecule has 1 N–H and O–H groups in total. The van der Waals surface area contributed by atoms with E-state index in [4.69, 9.17) is 5.11 Å². The monoisotopic (exact) mass is 116 g/mol. The molecule has 0 aromatic rings. The molecule has 47 valence electrons. The van der Waals surface area contributed by atoms with E-state index >= 15 is 0 Å². The van der Waals surface area contributed by atoms with Gasteiger partial charge < -0.3 is 5.11 Å². The topological polar surface area (TPSA) is 67.8 Å². The third-order valence-corrected chi connectivity index (χ3v) is 0.642. The molecular weight excluding hydrogens is 106 g/mol. The summed E-state index contributed by atoms with van der Waals surface area (Å²) in [6, 6.07) is 0. The molecule has 0 bridgehead atoms. The first-order valence-electron chi connectivity index (χ1n) is 2.18. The van der Waals surface area contributed by atoms with Crippen molar-refractivity contribution >= 4 is 5.97 Å². The molecule has 3 nitrogen and oxygen atoms in total. The summed E-state index contributed by atoms with van der Waals surface area (Å²) in [7, 11) is 0. The normalized spacial score (nSPS) is 9.88. The molecule has 0 amide bonds. The van der Waals surface area contributed by atoms with E-state index in [-0.39, 0.29) is 6.15 Å². The highest BCUT2D eigenvalue weighted by Gasteiger charge is 2.18. The predicted octanol–water partition coefficient (Wildman–Crippen LogP) is 0.637. The number of hydrogen-bond acceptors (Lipinski definition) is 1. The first kappa shape index (κ1) is 10.4. The van der Waals surface area contributed by atoms with Crippen LogP contribution in [0.25, 0.3) is 0 Å². The number of aliphatic carboxylic acids is 1. The molecule has 0 aliphatic carbocycles. The van der Waals surface area contributed by atoms with E-state index in [1.54, 1.807) is 20.8 Å². The molecule has 0 aliphatic heterocycles. The maximum Gasteiger partial charge on any atom is 0.308 e. The quantitative estimate of drug-likeness (QED) is 0.504. The van der Waals surface area contributed by atoms with Gasteiger partial charge in [-0.1, -0.05) is 0 Å². The van der Waals surface area contributed by atoms with Crippen LogP contribution in [0.4, 0.5) is 0 Å². The summed E-state index contributed by atoms with van der Waals surface area (Å²) in [5.74, 6) is -0.757. The molecule has 3 radical (unpaired) electrons. The fourth-order valence-corrected chi connectivity index (χ4v) is 0. The first-order chi connectivity index (χ1) is 2.94. The third kappa shape index (κ3) is 3.61. The average molecular weight is 116 g/mol. The van der Waals surface area contributed by atoms with Crippen LogP contribution < -0.4 is 6.15 Å². The van der Waals surface area contributed by atoms with Crippen LogP contribution in [0.3, 0.4) is 0 Å². The molecule has 0 heterocycles. The van der Waals surface area contributed by atoms with Crippen LogP contribution in [-0.4, -0.2) is 11.1 Å². The van der Waals surface area contributed by atoms with Crippen LogP contribution >= 0.6 is 0 Å². The maximum absolute atomic E-state index is 10.0. The lowest BCUT2D eigenvalue weighted by Crippen LogP contribution is -2.18. The van der Waals surface area contributed by atoms with Gasteiger partial charge in [0.2, 0.25) is 0 Å². The van der Waals surface area contributed by atoms with Crippen LogP contribution in [-0.2, 0) is 4.79 Å². The zero-order chi connectivity index (χ0) is 6.08. The van der Waals surface area contributed by atoms with Crippen LogP contribution in [0.2, 0.25) is 0 Å². The smallest absolute Gasteiger partial charge is 0.308 e. The summed E-state index contributed by atoms with van der Waals surface area (Å²) in [6.45, 7) is 4.99.